The monoisotopic (exact) mass is 774 g/mol. The first-order valence-corrected chi connectivity index (χ1v) is 21.3. The number of hydrogen-bond acceptors (Lipinski definition) is 9. The van der Waals surface area contributed by atoms with E-state index in [1.807, 2.05) is 19.1 Å². The maximum absolute atomic E-state index is 12.8. The number of unbranched alkanes of at least 4 members (excludes halogenated alkanes) is 13. The molecular weight excluding hydrogens is 702 g/mol. The second kappa shape index (κ2) is 31.3. The topological polar surface area (TPSA) is 135 Å². The van der Waals surface area contributed by atoms with Crippen LogP contribution in [0.2, 0.25) is 0 Å². The van der Waals surface area contributed by atoms with E-state index < -0.39 is 45.8 Å². The predicted molar refractivity (Wildman–Crippen MR) is 210 cm³/mol. The molecule has 0 amide bonds. The van der Waals surface area contributed by atoms with Gasteiger partial charge in [0.1, 0.15) is 12.2 Å². The van der Waals surface area contributed by atoms with Gasteiger partial charge in [-0.25, -0.2) is 4.79 Å². The number of aliphatic hydroxyl groups excluding tert-OH is 2. The molecule has 1 aliphatic rings. The Hall–Kier alpha value is -0.840. The smallest absolute Gasteiger partial charge is 0.756 e. The minimum absolute atomic E-state index is 0. The third kappa shape index (κ3) is 27.4. The van der Waals surface area contributed by atoms with Crippen molar-refractivity contribution in [3.05, 3.63) is 58.7 Å². The van der Waals surface area contributed by atoms with Gasteiger partial charge in [-0.3, -0.25) is 4.57 Å². The predicted octanol–water partition coefficient (Wildman–Crippen LogP) is 6.79. The van der Waals surface area contributed by atoms with Crippen LogP contribution in [0.5, 0.6) is 0 Å². The number of ether oxygens (including phenoxy) is 2. The van der Waals surface area contributed by atoms with Gasteiger partial charge in [-0.1, -0.05) is 146 Å². The summed E-state index contributed by atoms with van der Waals surface area (Å²) in [5.74, 6) is -0.657. The molecule has 300 valence electrons. The molecule has 0 aliphatic heterocycles. The molecule has 0 aromatic heterocycles. The summed E-state index contributed by atoms with van der Waals surface area (Å²) in [6, 6.07) is 0. The zero-order valence-electron chi connectivity index (χ0n) is 34.4. The molecule has 11 heteroatoms. The second-order valence-electron chi connectivity index (χ2n) is 15.0. The second-order valence-corrected chi connectivity index (χ2v) is 16.4. The van der Waals surface area contributed by atoms with Crippen LogP contribution < -0.4 is 34.5 Å². The van der Waals surface area contributed by atoms with Crippen molar-refractivity contribution in [3.63, 3.8) is 0 Å². The third-order valence-corrected chi connectivity index (χ3v) is 10.3. The molecule has 1 aliphatic carbocycles. The minimum atomic E-state index is -4.82. The van der Waals surface area contributed by atoms with Crippen molar-refractivity contribution in [2.24, 2.45) is 5.41 Å². The van der Waals surface area contributed by atoms with Crippen LogP contribution in [0.1, 0.15) is 151 Å². The fourth-order valence-corrected chi connectivity index (χ4v) is 7.01. The van der Waals surface area contributed by atoms with Crippen molar-refractivity contribution < 1.29 is 72.5 Å². The van der Waals surface area contributed by atoms with Crippen molar-refractivity contribution in [2.45, 2.75) is 163 Å². The van der Waals surface area contributed by atoms with E-state index in [9.17, 15) is 19.4 Å². The van der Waals surface area contributed by atoms with Gasteiger partial charge in [0.15, 0.2) is 0 Å². The summed E-state index contributed by atoms with van der Waals surface area (Å²) in [6.45, 7) is 11.5. The van der Waals surface area contributed by atoms with Gasteiger partial charge >= 0.3 is 35.5 Å². The van der Waals surface area contributed by atoms with Gasteiger partial charge < -0.3 is 33.6 Å². The van der Waals surface area contributed by atoms with Crippen molar-refractivity contribution in [1.82, 2.24) is 0 Å². The van der Waals surface area contributed by atoms with Crippen molar-refractivity contribution >= 4 is 13.8 Å². The first kappa shape index (κ1) is 52.2. The molecule has 1 unspecified atom stereocenters. The SMILES string of the molecule is CCCCCCCCCCCCCCCCOC[C@H](COP(=O)([O-])OC[C@@H](O)CO)OC(=O)/C=C(C)/C=C/C=C(C)/C=C/C1=C(C)CCCC1(C)C.[Na+]. The van der Waals surface area contributed by atoms with E-state index in [1.165, 1.54) is 101 Å². The van der Waals surface area contributed by atoms with E-state index in [0.717, 1.165) is 31.3 Å². The maximum atomic E-state index is 12.8. The van der Waals surface area contributed by atoms with Gasteiger partial charge in [0, 0.05) is 12.7 Å². The Balaban J connectivity index is 0.0000270. The van der Waals surface area contributed by atoms with Crippen LogP contribution in [0.3, 0.4) is 0 Å². The Morgan fingerprint density at radius 1 is 0.887 bits per heavy atom. The number of carbonyl (C=O) groups excluding carboxylic acids is 1. The molecule has 9 nitrogen and oxygen atoms in total. The molecule has 0 radical (unpaired) electrons. The van der Waals surface area contributed by atoms with Crippen molar-refractivity contribution in [1.29, 1.82) is 0 Å². The summed E-state index contributed by atoms with van der Waals surface area (Å²) in [5, 5.41) is 18.3. The third-order valence-electron chi connectivity index (χ3n) is 9.40. The Morgan fingerprint density at radius 2 is 1.45 bits per heavy atom. The summed E-state index contributed by atoms with van der Waals surface area (Å²) < 4.78 is 33.0. The first-order chi connectivity index (χ1) is 24.8. The van der Waals surface area contributed by atoms with Crippen LogP contribution >= 0.6 is 7.82 Å². The first-order valence-electron chi connectivity index (χ1n) is 19.9. The Labute approximate surface area is 344 Å². The molecule has 1 rings (SSSR count). The molecule has 0 saturated heterocycles. The zero-order valence-corrected chi connectivity index (χ0v) is 37.3. The Kier molecular flexibility index (Phi) is 30.8. The van der Waals surface area contributed by atoms with Crippen LogP contribution in [0.15, 0.2) is 58.7 Å². The standard InChI is InChI=1S/C42H73O9P.Na/c1-7-8-9-10-11-12-13-14-15-16-17-18-19-20-29-48-33-39(34-50-52(46,47)49-32-38(44)31-43)51-41(45)30-36(3)24-21-23-35(2)26-27-40-37(4)25-22-28-42(40,5)6;/h21,23-24,26-27,30,38-39,43-44H,7-20,22,25,28-29,31-34H2,1-6H3,(H,46,47);/q;+1/p-1/b24-21+,27-26+,35-23+,36-30+;/t38-,39+;/m0./s1. The van der Waals surface area contributed by atoms with Crippen LogP contribution in [0.25, 0.3) is 0 Å². The van der Waals surface area contributed by atoms with E-state index in [0.29, 0.717) is 12.2 Å². The van der Waals surface area contributed by atoms with Crippen LogP contribution in [-0.2, 0) is 27.9 Å². The number of aliphatic hydroxyl groups is 2. The van der Waals surface area contributed by atoms with E-state index in [2.05, 4.69) is 44.4 Å². The molecule has 0 saturated carbocycles. The van der Waals surface area contributed by atoms with E-state index in [-0.39, 0.29) is 41.6 Å². The van der Waals surface area contributed by atoms with Crippen molar-refractivity contribution in [3.8, 4) is 0 Å². The number of phosphoric ester groups is 1. The van der Waals surface area contributed by atoms with E-state index >= 15 is 0 Å². The van der Waals surface area contributed by atoms with E-state index in [4.69, 9.17) is 19.1 Å². The van der Waals surface area contributed by atoms with Gasteiger partial charge in [0.25, 0.3) is 7.82 Å². The fourth-order valence-electron chi connectivity index (χ4n) is 6.24. The molecule has 0 fully saturated rings. The maximum Gasteiger partial charge on any atom is 1.00 e. The largest absolute Gasteiger partial charge is 1.00 e. The molecule has 0 heterocycles. The molecule has 3 atom stereocenters. The van der Waals surface area contributed by atoms with Gasteiger partial charge in [0.2, 0.25) is 0 Å². The normalized spacial score (nSPS) is 17.6. The van der Waals surface area contributed by atoms with Gasteiger partial charge in [-0.2, -0.15) is 0 Å². The molecule has 0 spiro atoms. The van der Waals surface area contributed by atoms with Crippen LogP contribution in [-0.4, -0.2) is 61.4 Å². The molecule has 0 bridgehead atoms. The number of allylic oxidation sites excluding steroid dienone is 9. The molecule has 0 aromatic carbocycles. The minimum Gasteiger partial charge on any atom is -0.756 e. The van der Waals surface area contributed by atoms with Crippen LogP contribution in [0, 0.1) is 5.41 Å². The number of rotatable bonds is 30. The van der Waals surface area contributed by atoms with Crippen molar-refractivity contribution in [2.75, 3.05) is 33.0 Å². The number of esters is 1. The number of carbonyl (C=O) groups is 1. The Bertz CT molecular complexity index is 1190. The Morgan fingerprint density at radius 3 is 2.02 bits per heavy atom. The fraction of sp³-hybridized carbons (Fsp3) is 0.738. The summed E-state index contributed by atoms with van der Waals surface area (Å²) in [4.78, 5) is 24.9. The van der Waals surface area contributed by atoms with Crippen LogP contribution in [0.4, 0.5) is 0 Å². The van der Waals surface area contributed by atoms with Gasteiger partial charge in [0.05, 0.1) is 26.4 Å². The quantitative estimate of drug-likeness (QED) is 0.0202. The summed E-state index contributed by atoms with van der Waals surface area (Å²) in [6.07, 6.45) is 30.1. The summed E-state index contributed by atoms with van der Waals surface area (Å²) in [7, 11) is -4.82. The number of phosphoric acid groups is 1. The summed E-state index contributed by atoms with van der Waals surface area (Å²) >= 11 is 0. The molecule has 2 N–H and O–H groups in total. The zero-order chi connectivity index (χ0) is 38.7. The summed E-state index contributed by atoms with van der Waals surface area (Å²) in [5.41, 5.74) is 4.76. The average Bonchev–Trinajstić information content (AvgIpc) is 3.08. The molecule has 53 heavy (non-hydrogen) atoms. The van der Waals surface area contributed by atoms with E-state index in [1.54, 1.807) is 13.0 Å². The van der Waals surface area contributed by atoms with Gasteiger partial charge in [-0.15, -0.1) is 0 Å². The number of hydrogen-bond donors (Lipinski definition) is 2. The van der Waals surface area contributed by atoms with Gasteiger partial charge in [-0.05, 0) is 63.0 Å². The molecular formula is C42H72NaO9P. The molecule has 0 aromatic rings. The average molecular weight is 775 g/mol.